The first-order chi connectivity index (χ1) is 9.23. The second-order valence-corrected chi connectivity index (χ2v) is 7.11. The van der Waals surface area contributed by atoms with E-state index in [-0.39, 0.29) is 11.6 Å². The zero-order valence-electron chi connectivity index (χ0n) is 13.3. The molecule has 0 amide bonds. The number of benzene rings is 1. The molecule has 1 aromatic carbocycles. The normalized spacial score (nSPS) is 13.3. The molecule has 0 radical (unpaired) electrons. The van der Waals surface area contributed by atoms with Crippen molar-refractivity contribution in [3.8, 4) is 5.75 Å². The Hall–Kier alpha value is -0.580. The smallest absolute Gasteiger partial charge is 0.127 e. The van der Waals surface area contributed by atoms with Crippen molar-refractivity contribution >= 4 is 15.9 Å². The minimum Gasteiger partial charge on any atom is -0.488 e. The summed E-state index contributed by atoms with van der Waals surface area (Å²) in [5.41, 5.74) is 2.37. The van der Waals surface area contributed by atoms with Gasteiger partial charge in [0, 0.05) is 29.2 Å². The quantitative estimate of drug-likeness (QED) is 0.844. The van der Waals surface area contributed by atoms with Gasteiger partial charge in [0.25, 0.3) is 0 Å². The standard InChI is InChI=1S/C16H26BrNO2/c1-11-7-14(17)8-13(9-18-16(3,4)5)15(11)20-12(2)10-19-6/h7-8,12,18H,9-10H2,1-6H3. The van der Waals surface area contributed by atoms with E-state index < -0.39 is 0 Å². The number of halogens is 1. The van der Waals surface area contributed by atoms with E-state index in [0.29, 0.717) is 6.61 Å². The van der Waals surface area contributed by atoms with Crippen LogP contribution in [0.5, 0.6) is 5.75 Å². The van der Waals surface area contributed by atoms with Crippen LogP contribution in [0.15, 0.2) is 16.6 Å². The first-order valence-corrected chi connectivity index (χ1v) is 7.72. The van der Waals surface area contributed by atoms with Crippen molar-refractivity contribution < 1.29 is 9.47 Å². The molecule has 114 valence electrons. The molecule has 0 spiro atoms. The number of aryl methyl sites for hydroxylation is 1. The molecule has 1 unspecified atom stereocenters. The van der Waals surface area contributed by atoms with E-state index in [1.165, 1.54) is 0 Å². The van der Waals surface area contributed by atoms with Gasteiger partial charge in [-0.3, -0.25) is 0 Å². The molecule has 20 heavy (non-hydrogen) atoms. The highest BCUT2D eigenvalue weighted by molar-refractivity contribution is 9.10. The zero-order valence-corrected chi connectivity index (χ0v) is 14.9. The van der Waals surface area contributed by atoms with Crippen molar-refractivity contribution in [2.45, 2.75) is 52.8 Å². The molecule has 1 rings (SSSR count). The molecule has 0 heterocycles. The molecule has 0 saturated heterocycles. The maximum atomic E-state index is 6.05. The van der Waals surface area contributed by atoms with Crippen molar-refractivity contribution in [1.29, 1.82) is 0 Å². The average molecular weight is 344 g/mol. The van der Waals surface area contributed by atoms with E-state index in [4.69, 9.17) is 9.47 Å². The van der Waals surface area contributed by atoms with E-state index in [1.54, 1.807) is 7.11 Å². The molecular formula is C16H26BrNO2. The molecule has 0 saturated carbocycles. The monoisotopic (exact) mass is 343 g/mol. The maximum absolute atomic E-state index is 6.05. The van der Waals surface area contributed by atoms with Crippen LogP contribution in [0.1, 0.15) is 38.8 Å². The molecule has 0 aliphatic heterocycles. The summed E-state index contributed by atoms with van der Waals surface area (Å²) >= 11 is 3.56. The first-order valence-electron chi connectivity index (χ1n) is 6.92. The van der Waals surface area contributed by atoms with E-state index in [2.05, 4.69) is 61.1 Å². The number of hydrogen-bond donors (Lipinski definition) is 1. The van der Waals surface area contributed by atoms with Gasteiger partial charge in [0.1, 0.15) is 11.9 Å². The Labute approximate surface area is 131 Å². The Kier molecular flexibility index (Phi) is 6.49. The van der Waals surface area contributed by atoms with Gasteiger partial charge in [0.2, 0.25) is 0 Å². The molecule has 1 aromatic rings. The van der Waals surface area contributed by atoms with Gasteiger partial charge in [-0.1, -0.05) is 15.9 Å². The summed E-state index contributed by atoms with van der Waals surface area (Å²) in [6.45, 7) is 11.9. The second kappa shape index (κ2) is 7.43. The number of rotatable bonds is 6. The summed E-state index contributed by atoms with van der Waals surface area (Å²) in [4.78, 5) is 0. The Balaban J connectivity index is 2.95. The van der Waals surface area contributed by atoms with Gasteiger partial charge in [0.05, 0.1) is 6.61 Å². The van der Waals surface area contributed by atoms with Crippen molar-refractivity contribution in [2.24, 2.45) is 0 Å². The van der Waals surface area contributed by atoms with Gasteiger partial charge in [-0.2, -0.15) is 0 Å². The van der Waals surface area contributed by atoms with Crippen molar-refractivity contribution in [2.75, 3.05) is 13.7 Å². The summed E-state index contributed by atoms with van der Waals surface area (Å²) in [5, 5.41) is 3.51. The summed E-state index contributed by atoms with van der Waals surface area (Å²) < 4.78 is 12.3. The lowest BCUT2D eigenvalue weighted by atomic mass is 10.1. The zero-order chi connectivity index (χ0) is 15.3. The largest absolute Gasteiger partial charge is 0.488 e. The number of nitrogens with one attached hydrogen (secondary N) is 1. The van der Waals surface area contributed by atoms with Gasteiger partial charge in [-0.05, 0) is 52.3 Å². The second-order valence-electron chi connectivity index (χ2n) is 6.20. The third-order valence-corrected chi connectivity index (χ3v) is 3.30. The highest BCUT2D eigenvalue weighted by Gasteiger charge is 2.15. The number of methoxy groups -OCH3 is 1. The molecule has 0 aliphatic carbocycles. The van der Waals surface area contributed by atoms with Crippen LogP contribution >= 0.6 is 15.9 Å². The molecule has 0 aromatic heterocycles. The first kappa shape index (κ1) is 17.5. The van der Waals surface area contributed by atoms with Crippen molar-refractivity contribution in [1.82, 2.24) is 5.32 Å². The summed E-state index contributed by atoms with van der Waals surface area (Å²) in [6, 6.07) is 4.19. The highest BCUT2D eigenvalue weighted by Crippen LogP contribution is 2.29. The lowest BCUT2D eigenvalue weighted by Crippen LogP contribution is -2.35. The van der Waals surface area contributed by atoms with Gasteiger partial charge in [0.15, 0.2) is 0 Å². The number of hydrogen-bond acceptors (Lipinski definition) is 3. The molecule has 1 N–H and O–H groups in total. The molecular weight excluding hydrogens is 318 g/mol. The topological polar surface area (TPSA) is 30.5 Å². The molecule has 0 bridgehead atoms. The van der Waals surface area contributed by atoms with Gasteiger partial charge >= 0.3 is 0 Å². The third-order valence-electron chi connectivity index (χ3n) is 2.85. The minimum absolute atomic E-state index is 0.0354. The molecule has 3 nitrogen and oxygen atoms in total. The highest BCUT2D eigenvalue weighted by atomic mass is 79.9. The van der Waals surface area contributed by atoms with Crippen LogP contribution in [-0.4, -0.2) is 25.4 Å². The molecule has 1 atom stereocenters. The maximum Gasteiger partial charge on any atom is 0.127 e. The molecule has 0 fully saturated rings. The van der Waals surface area contributed by atoms with E-state index in [9.17, 15) is 0 Å². The Morgan fingerprint density at radius 3 is 2.50 bits per heavy atom. The fraction of sp³-hybridized carbons (Fsp3) is 0.625. The lowest BCUT2D eigenvalue weighted by Gasteiger charge is -2.24. The van der Waals surface area contributed by atoms with Crippen LogP contribution in [0.3, 0.4) is 0 Å². The summed E-state index contributed by atoms with van der Waals surface area (Å²) in [6.07, 6.45) is 0.0354. The fourth-order valence-corrected chi connectivity index (χ4v) is 2.55. The minimum atomic E-state index is 0.0354. The predicted octanol–water partition coefficient (Wildman–Crippen LogP) is 4.06. The van der Waals surface area contributed by atoms with E-state index >= 15 is 0 Å². The van der Waals surface area contributed by atoms with Gasteiger partial charge in [-0.25, -0.2) is 0 Å². The van der Waals surface area contributed by atoms with Crippen molar-refractivity contribution in [3.63, 3.8) is 0 Å². The Morgan fingerprint density at radius 1 is 1.30 bits per heavy atom. The molecule has 0 aliphatic rings. The van der Waals surface area contributed by atoms with E-state index in [1.807, 2.05) is 6.92 Å². The lowest BCUT2D eigenvalue weighted by molar-refractivity contribution is 0.0907. The van der Waals surface area contributed by atoms with Crippen LogP contribution in [0.25, 0.3) is 0 Å². The van der Waals surface area contributed by atoms with Crippen LogP contribution in [0.2, 0.25) is 0 Å². The Morgan fingerprint density at radius 2 is 1.95 bits per heavy atom. The van der Waals surface area contributed by atoms with Crippen LogP contribution in [0.4, 0.5) is 0 Å². The summed E-state index contributed by atoms with van der Waals surface area (Å²) in [5.74, 6) is 0.953. The van der Waals surface area contributed by atoms with Crippen LogP contribution < -0.4 is 10.1 Å². The van der Waals surface area contributed by atoms with Crippen LogP contribution in [0, 0.1) is 6.92 Å². The van der Waals surface area contributed by atoms with E-state index in [0.717, 1.165) is 27.9 Å². The predicted molar refractivity (Wildman–Crippen MR) is 87.4 cm³/mol. The third kappa shape index (κ3) is 5.81. The molecule has 4 heteroatoms. The number of ether oxygens (including phenoxy) is 2. The Bertz CT molecular complexity index is 441. The van der Waals surface area contributed by atoms with Crippen LogP contribution in [-0.2, 0) is 11.3 Å². The fourth-order valence-electron chi connectivity index (χ4n) is 1.93. The average Bonchev–Trinajstić information content (AvgIpc) is 2.29. The van der Waals surface area contributed by atoms with Crippen molar-refractivity contribution in [3.05, 3.63) is 27.7 Å². The van der Waals surface area contributed by atoms with Gasteiger partial charge < -0.3 is 14.8 Å². The SMILES string of the molecule is COCC(C)Oc1c(C)cc(Br)cc1CNC(C)(C)C. The van der Waals surface area contributed by atoms with Gasteiger partial charge in [-0.15, -0.1) is 0 Å². The summed E-state index contributed by atoms with van der Waals surface area (Å²) in [7, 11) is 1.69.